The van der Waals surface area contributed by atoms with Gasteiger partial charge < -0.3 is 19.5 Å². The van der Waals surface area contributed by atoms with Gasteiger partial charge in [-0.25, -0.2) is 0 Å². The molecule has 0 spiro atoms. The zero-order chi connectivity index (χ0) is 14.1. The van der Waals surface area contributed by atoms with Crippen molar-refractivity contribution >= 4 is 0 Å². The normalized spacial score (nSPS) is 12.7. The summed E-state index contributed by atoms with van der Waals surface area (Å²) >= 11 is 0. The maximum atomic E-state index is 5.63. The van der Waals surface area contributed by atoms with Gasteiger partial charge in [0.15, 0.2) is 0 Å². The van der Waals surface area contributed by atoms with E-state index in [9.17, 15) is 0 Å². The molecule has 0 heterocycles. The Morgan fingerprint density at radius 2 is 1.79 bits per heavy atom. The van der Waals surface area contributed by atoms with Crippen molar-refractivity contribution in [2.45, 2.75) is 26.0 Å². The standard InChI is InChI=1S/C15H25NO3/c1-12(2)19-10-9-18-11-15(16-3)13-5-7-14(17-4)8-6-13/h5-8,12,15-16H,9-11H2,1-4H3. The molecule has 0 radical (unpaired) electrons. The molecule has 0 aromatic heterocycles. The second-order valence-electron chi connectivity index (χ2n) is 4.61. The third kappa shape index (κ3) is 6.05. The van der Waals surface area contributed by atoms with E-state index in [1.54, 1.807) is 7.11 Å². The van der Waals surface area contributed by atoms with Crippen LogP contribution in [0.25, 0.3) is 0 Å². The minimum atomic E-state index is 0.185. The van der Waals surface area contributed by atoms with Gasteiger partial charge in [0.2, 0.25) is 0 Å². The lowest BCUT2D eigenvalue weighted by Crippen LogP contribution is -2.23. The van der Waals surface area contributed by atoms with Gasteiger partial charge in [0.25, 0.3) is 0 Å². The quantitative estimate of drug-likeness (QED) is 0.697. The Kier molecular flexibility index (Phi) is 7.48. The Morgan fingerprint density at radius 3 is 2.32 bits per heavy atom. The van der Waals surface area contributed by atoms with Crippen molar-refractivity contribution in [2.24, 2.45) is 0 Å². The Hall–Kier alpha value is -1.10. The SMILES string of the molecule is CNC(COCCOC(C)C)c1ccc(OC)cc1. The number of nitrogens with one attached hydrogen (secondary N) is 1. The molecule has 0 saturated heterocycles. The molecular formula is C15H25NO3. The zero-order valence-electron chi connectivity index (χ0n) is 12.3. The summed E-state index contributed by atoms with van der Waals surface area (Å²) in [5, 5.41) is 3.25. The zero-order valence-corrected chi connectivity index (χ0v) is 12.3. The van der Waals surface area contributed by atoms with Crippen LogP contribution in [0.5, 0.6) is 5.75 Å². The van der Waals surface area contributed by atoms with E-state index in [0.717, 1.165) is 5.75 Å². The van der Waals surface area contributed by atoms with Crippen molar-refractivity contribution in [3.8, 4) is 5.75 Å². The molecule has 108 valence electrons. The lowest BCUT2D eigenvalue weighted by atomic mass is 10.1. The van der Waals surface area contributed by atoms with Crippen LogP contribution in [-0.2, 0) is 9.47 Å². The number of rotatable bonds is 9. The number of ether oxygens (including phenoxy) is 3. The Bertz CT molecular complexity index is 338. The van der Waals surface area contributed by atoms with Crippen molar-refractivity contribution in [2.75, 3.05) is 34.0 Å². The molecule has 0 aliphatic carbocycles. The average molecular weight is 267 g/mol. The Labute approximate surface area is 116 Å². The van der Waals surface area contributed by atoms with Crippen LogP contribution < -0.4 is 10.1 Å². The van der Waals surface area contributed by atoms with Gasteiger partial charge in [-0.3, -0.25) is 0 Å². The van der Waals surface area contributed by atoms with Crippen molar-refractivity contribution in [3.05, 3.63) is 29.8 Å². The van der Waals surface area contributed by atoms with E-state index in [1.807, 2.05) is 45.2 Å². The maximum Gasteiger partial charge on any atom is 0.118 e. The van der Waals surface area contributed by atoms with Crippen LogP contribution in [0.15, 0.2) is 24.3 Å². The van der Waals surface area contributed by atoms with Crippen molar-refractivity contribution in [3.63, 3.8) is 0 Å². The fourth-order valence-electron chi connectivity index (χ4n) is 1.73. The van der Waals surface area contributed by atoms with Gasteiger partial charge in [-0.1, -0.05) is 12.1 Å². The Morgan fingerprint density at radius 1 is 1.11 bits per heavy atom. The lowest BCUT2D eigenvalue weighted by molar-refractivity contribution is 0.0142. The van der Waals surface area contributed by atoms with Crippen LogP contribution in [-0.4, -0.2) is 40.1 Å². The summed E-state index contributed by atoms with van der Waals surface area (Å²) in [4.78, 5) is 0. The number of methoxy groups -OCH3 is 1. The van der Waals surface area contributed by atoms with Crippen LogP contribution in [0.2, 0.25) is 0 Å². The van der Waals surface area contributed by atoms with E-state index in [2.05, 4.69) is 5.32 Å². The van der Waals surface area contributed by atoms with Gasteiger partial charge in [0.1, 0.15) is 5.75 Å². The molecule has 1 atom stereocenters. The first-order valence-electron chi connectivity index (χ1n) is 6.68. The molecule has 0 fully saturated rings. The fraction of sp³-hybridized carbons (Fsp3) is 0.600. The molecule has 1 aromatic carbocycles. The molecule has 0 bridgehead atoms. The highest BCUT2D eigenvalue weighted by atomic mass is 16.5. The third-order valence-electron chi connectivity index (χ3n) is 2.83. The van der Waals surface area contributed by atoms with Crippen LogP contribution in [0.3, 0.4) is 0 Å². The van der Waals surface area contributed by atoms with E-state index >= 15 is 0 Å². The molecule has 1 aromatic rings. The lowest BCUT2D eigenvalue weighted by Gasteiger charge is -2.17. The molecule has 19 heavy (non-hydrogen) atoms. The topological polar surface area (TPSA) is 39.7 Å². The third-order valence-corrected chi connectivity index (χ3v) is 2.83. The molecule has 0 amide bonds. The van der Waals surface area contributed by atoms with Gasteiger partial charge in [0, 0.05) is 0 Å². The molecule has 1 rings (SSSR count). The number of hydrogen-bond donors (Lipinski definition) is 1. The van der Waals surface area contributed by atoms with E-state index < -0.39 is 0 Å². The second-order valence-corrected chi connectivity index (χ2v) is 4.61. The van der Waals surface area contributed by atoms with E-state index in [4.69, 9.17) is 14.2 Å². The first-order valence-corrected chi connectivity index (χ1v) is 6.68. The van der Waals surface area contributed by atoms with Gasteiger partial charge in [-0.15, -0.1) is 0 Å². The summed E-state index contributed by atoms with van der Waals surface area (Å²) in [6.45, 7) is 5.93. The fourth-order valence-corrected chi connectivity index (χ4v) is 1.73. The summed E-state index contributed by atoms with van der Waals surface area (Å²) in [6.07, 6.45) is 0.255. The molecular weight excluding hydrogens is 242 g/mol. The number of benzene rings is 1. The molecule has 0 aliphatic heterocycles. The summed E-state index contributed by atoms with van der Waals surface area (Å²) in [7, 11) is 3.60. The smallest absolute Gasteiger partial charge is 0.118 e. The van der Waals surface area contributed by atoms with Crippen LogP contribution in [0.1, 0.15) is 25.5 Å². The minimum Gasteiger partial charge on any atom is -0.497 e. The van der Waals surface area contributed by atoms with E-state index in [0.29, 0.717) is 19.8 Å². The number of hydrogen-bond acceptors (Lipinski definition) is 4. The molecule has 0 aliphatic rings. The summed E-state index contributed by atoms with van der Waals surface area (Å²) in [6, 6.07) is 8.20. The van der Waals surface area contributed by atoms with Gasteiger partial charge in [-0.2, -0.15) is 0 Å². The molecule has 1 N–H and O–H groups in total. The van der Waals surface area contributed by atoms with Crippen molar-refractivity contribution < 1.29 is 14.2 Å². The highest BCUT2D eigenvalue weighted by Gasteiger charge is 2.09. The van der Waals surface area contributed by atoms with Crippen LogP contribution >= 0.6 is 0 Å². The summed E-state index contributed by atoms with van der Waals surface area (Å²) in [5.74, 6) is 0.866. The molecule has 1 unspecified atom stereocenters. The van der Waals surface area contributed by atoms with Crippen molar-refractivity contribution in [1.82, 2.24) is 5.32 Å². The first-order chi connectivity index (χ1) is 9.17. The summed E-state index contributed by atoms with van der Waals surface area (Å²) in [5.41, 5.74) is 1.19. The van der Waals surface area contributed by atoms with E-state index in [1.165, 1.54) is 5.56 Å². The monoisotopic (exact) mass is 267 g/mol. The first kappa shape index (κ1) is 16.0. The average Bonchev–Trinajstić information content (AvgIpc) is 2.43. The largest absolute Gasteiger partial charge is 0.497 e. The minimum absolute atomic E-state index is 0.185. The second kappa shape index (κ2) is 8.91. The maximum absolute atomic E-state index is 5.63. The van der Waals surface area contributed by atoms with Crippen molar-refractivity contribution in [1.29, 1.82) is 0 Å². The highest BCUT2D eigenvalue weighted by molar-refractivity contribution is 5.29. The molecule has 0 saturated carbocycles. The molecule has 4 nitrogen and oxygen atoms in total. The number of likely N-dealkylation sites (N-methyl/N-ethyl adjacent to an activating group) is 1. The summed E-state index contributed by atoms with van der Waals surface area (Å²) < 4.78 is 16.2. The van der Waals surface area contributed by atoms with Gasteiger partial charge in [0.05, 0.1) is 39.1 Å². The predicted octanol–water partition coefficient (Wildman–Crippen LogP) is 2.40. The Balaban J connectivity index is 2.35. The van der Waals surface area contributed by atoms with Gasteiger partial charge in [-0.05, 0) is 38.6 Å². The van der Waals surface area contributed by atoms with E-state index in [-0.39, 0.29) is 12.1 Å². The molecule has 4 heteroatoms. The van der Waals surface area contributed by atoms with Gasteiger partial charge >= 0.3 is 0 Å². The predicted molar refractivity (Wildman–Crippen MR) is 76.7 cm³/mol. The van der Waals surface area contributed by atoms with Crippen LogP contribution in [0.4, 0.5) is 0 Å². The van der Waals surface area contributed by atoms with Crippen LogP contribution in [0, 0.1) is 0 Å². The highest BCUT2D eigenvalue weighted by Crippen LogP contribution is 2.17.